The van der Waals surface area contributed by atoms with E-state index >= 15 is 0 Å². The maximum Gasteiger partial charge on any atom is 0.367 e. The third kappa shape index (κ3) is 2.40. The molecule has 0 aliphatic heterocycles. The number of halogens is 1. The predicted molar refractivity (Wildman–Crippen MR) is 101 cm³/mol. The Labute approximate surface area is 159 Å². The van der Waals surface area contributed by atoms with Gasteiger partial charge < -0.3 is 9.74 Å². The quantitative estimate of drug-likeness (QED) is 0.588. The largest absolute Gasteiger partial charge is 0.367 e. The Morgan fingerprint density at radius 3 is 2.42 bits per heavy atom. The molecule has 2 unspecified atom stereocenters. The van der Waals surface area contributed by atoms with E-state index in [4.69, 9.17) is 16.4 Å². The van der Waals surface area contributed by atoms with E-state index in [0.717, 1.165) is 18.6 Å². The van der Waals surface area contributed by atoms with Crippen LogP contribution in [0.5, 0.6) is 0 Å². The third-order valence-electron chi connectivity index (χ3n) is 6.88. The number of nitrogens with zero attached hydrogens (tertiary/aromatic N) is 2. The van der Waals surface area contributed by atoms with E-state index in [-0.39, 0.29) is 22.3 Å². The normalized spacial score (nSPS) is 30.5. The lowest BCUT2D eigenvalue weighted by atomic mass is 9.64. The van der Waals surface area contributed by atoms with Crippen molar-refractivity contribution < 1.29 is 14.4 Å². The van der Waals surface area contributed by atoms with E-state index in [9.17, 15) is 9.59 Å². The highest BCUT2D eigenvalue weighted by molar-refractivity contribution is 6.33. The Morgan fingerprint density at radius 2 is 1.81 bits per heavy atom. The SMILES string of the molecule is CN(C)C(=O)C12CCC(C)(/C(=N\OC(=O)c3ccccc3Cl)C1)C2(C)C. The highest BCUT2D eigenvalue weighted by Crippen LogP contribution is 2.71. The summed E-state index contributed by atoms with van der Waals surface area (Å²) in [6, 6.07) is 6.72. The van der Waals surface area contributed by atoms with Crippen molar-refractivity contribution in [2.24, 2.45) is 21.4 Å². The van der Waals surface area contributed by atoms with Crippen molar-refractivity contribution in [3.63, 3.8) is 0 Å². The molecule has 2 bridgehead atoms. The first-order valence-corrected chi connectivity index (χ1v) is 9.20. The van der Waals surface area contributed by atoms with Gasteiger partial charge >= 0.3 is 5.97 Å². The monoisotopic (exact) mass is 376 g/mol. The minimum atomic E-state index is -0.583. The average molecular weight is 377 g/mol. The van der Waals surface area contributed by atoms with Crippen molar-refractivity contribution in [1.82, 2.24) is 4.90 Å². The van der Waals surface area contributed by atoms with Crippen molar-refractivity contribution in [1.29, 1.82) is 0 Å². The second-order valence-corrected chi connectivity index (χ2v) is 8.72. The van der Waals surface area contributed by atoms with Crippen LogP contribution in [0.25, 0.3) is 0 Å². The van der Waals surface area contributed by atoms with E-state index in [1.807, 2.05) is 0 Å². The zero-order valence-corrected chi connectivity index (χ0v) is 16.7. The highest BCUT2D eigenvalue weighted by Gasteiger charge is 2.72. The number of hydrogen-bond donors (Lipinski definition) is 0. The maximum absolute atomic E-state index is 13.0. The number of fused-ring (bicyclic) bond motifs is 2. The fraction of sp³-hybridized carbons (Fsp3) is 0.550. The summed E-state index contributed by atoms with van der Waals surface area (Å²) >= 11 is 6.05. The molecule has 2 aliphatic rings. The van der Waals surface area contributed by atoms with Gasteiger partial charge in [-0.1, -0.05) is 49.7 Å². The number of carbonyl (C=O) groups is 2. The summed E-state index contributed by atoms with van der Waals surface area (Å²) < 4.78 is 0. The summed E-state index contributed by atoms with van der Waals surface area (Å²) in [6.07, 6.45) is 2.19. The molecule has 0 saturated heterocycles. The molecule has 0 N–H and O–H groups in total. The summed E-state index contributed by atoms with van der Waals surface area (Å²) in [7, 11) is 3.57. The van der Waals surface area contributed by atoms with E-state index in [2.05, 4.69) is 25.9 Å². The first-order chi connectivity index (χ1) is 12.1. The molecule has 2 fully saturated rings. The first kappa shape index (κ1) is 18.9. The molecule has 5 nitrogen and oxygen atoms in total. The summed E-state index contributed by atoms with van der Waals surface area (Å²) in [4.78, 5) is 32.2. The van der Waals surface area contributed by atoms with E-state index in [0.29, 0.717) is 11.4 Å². The minimum absolute atomic E-state index is 0.119. The summed E-state index contributed by atoms with van der Waals surface area (Å²) in [5, 5.41) is 4.55. The molecule has 0 heterocycles. The second kappa shape index (κ2) is 6.08. The number of oxime groups is 1. The molecule has 1 aromatic rings. The number of benzene rings is 1. The predicted octanol–water partition coefficient (Wildman–Crippen LogP) is 4.16. The van der Waals surface area contributed by atoms with Crippen LogP contribution in [0.2, 0.25) is 5.02 Å². The molecule has 140 valence electrons. The van der Waals surface area contributed by atoms with Gasteiger partial charge in [0.05, 0.1) is 21.7 Å². The molecule has 26 heavy (non-hydrogen) atoms. The molecule has 0 radical (unpaired) electrons. The molecule has 2 aliphatic carbocycles. The first-order valence-electron chi connectivity index (χ1n) is 8.82. The standard InChI is InChI=1S/C20H25ClN2O3/c1-18(2)19(3)10-11-20(18,17(25)23(4)5)12-15(19)22-26-16(24)13-8-6-7-9-14(13)21/h6-9H,10-12H2,1-5H3/b22-15-. The number of hydrogen-bond acceptors (Lipinski definition) is 4. The zero-order valence-electron chi connectivity index (χ0n) is 15.9. The van der Waals surface area contributed by atoms with Gasteiger partial charge in [-0.05, 0) is 30.4 Å². The van der Waals surface area contributed by atoms with Crippen LogP contribution < -0.4 is 0 Å². The van der Waals surface area contributed by atoms with Gasteiger partial charge in [0.2, 0.25) is 5.91 Å². The van der Waals surface area contributed by atoms with Crippen molar-refractivity contribution in [3.8, 4) is 0 Å². The molecular weight excluding hydrogens is 352 g/mol. The van der Waals surface area contributed by atoms with Crippen molar-refractivity contribution in [2.45, 2.75) is 40.0 Å². The third-order valence-corrected chi connectivity index (χ3v) is 7.21. The Balaban J connectivity index is 1.91. The molecule has 2 saturated carbocycles. The zero-order chi connectivity index (χ0) is 19.3. The Morgan fingerprint density at radius 1 is 1.15 bits per heavy atom. The van der Waals surface area contributed by atoms with Crippen molar-refractivity contribution in [2.75, 3.05) is 14.1 Å². The average Bonchev–Trinajstić information content (AvgIpc) is 2.89. The topological polar surface area (TPSA) is 59.0 Å². The minimum Gasteiger partial charge on any atom is -0.348 e. The number of carbonyl (C=O) groups excluding carboxylic acids is 2. The van der Waals surface area contributed by atoms with Crippen LogP contribution in [0.4, 0.5) is 0 Å². The molecule has 0 aromatic heterocycles. The highest BCUT2D eigenvalue weighted by atomic mass is 35.5. The van der Waals surface area contributed by atoms with Gasteiger partial charge in [0, 0.05) is 25.9 Å². The van der Waals surface area contributed by atoms with Gasteiger partial charge in [-0.2, -0.15) is 0 Å². The molecule has 0 spiro atoms. The van der Waals surface area contributed by atoms with Gasteiger partial charge in [0.1, 0.15) is 0 Å². The Kier molecular flexibility index (Phi) is 4.42. The van der Waals surface area contributed by atoms with Crippen LogP contribution in [-0.4, -0.2) is 36.6 Å². The molecule has 1 aromatic carbocycles. The maximum atomic E-state index is 13.0. The van der Waals surface area contributed by atoms with Gasteiger partial charge in [-0.15, -0.1) is 0 Å². The number of amides is 1. The van der Waals surface area contributed by atoms with Crippen LogP contribution in [0, 0.1) is 16.2 Å². The lowest BCUT2D eigenvalue weighted by Crippen LogP contribution is -2.46. The summed E-state index contributed by atoms with van der Waals surface area (Å²) in [6.45, 7) is 6.37. The molecule has 1 amide bonds. The van der Waals surface area contributed by atoms with Crippen molar-refractivity contribution >= 4 is 29.2 Å². The van der Waals surface area contributed by atoms with Crippen LogP contribution in [-0.2, 0) is 9.63 Å². The van der Waals surface area contributed by atoms with E-state index in [1.165, 1.54) is 0 Å². The van der Waals surface area contributed by atoms with Crippen LogP contribution in [0.1, 0.15) is 50.4 Å². The van der Waals surface area contributed by atoms with Gasteiger partial charge in [0.25, 0.3) is 0 Å². The smallest absolute Gasteiger partial charge is 0.348 e. The fourth-order valence-electron chi connectivity index (χ4n) is 4.70. The number of rotatable bonds is 3. The van der Waals surface area contributed by atoms with Crippen molar-refractivity contribution in [3.05, 3.63) is 34.9 Å². The van der Waals surface area contributed by atoms with E-state index < -0.39 is 11.4 Å². The lowest BCUT2D eigenvalue weighted by molar-refractivity contribution is -0.144. The van der Waals surface area contributed by atoms with Gasteiger partial charge in [-0.3, -0.25) is 4.79 Å². The summed E-state index contributed by atoms with van der Waals surface area (Å²) in [5.41, 5.74) is 0.0200. The molecular formula is C20H25ClN2O3. The second-order valence-electron chi connectivity index (χ2n) is 8.31. The van der Waals surface area contributed by atoms with Gasteiger partial charge in [-0.25, -0.2) is 4.79 Å². The van der Waals surface area contributed by atoms with Crippen LogP contribution in [0.15, 0.2) is 29.4 Å². The lowest BCUT2D eigenvalue weighted by Gasteiger charge is -2.40. The Hall–Kier alpha value is -1.88. The fourth-order valence-corrected chi connectivity index (χ4v) is 4.91. The van der Waals surface area contributed by atoms with Crippen LogP contribution >= 0.6 is 11.6 Å². The van der Waals surface area contributed by atoms with Gasteiger partial charge in [0.15, 0.2) is 0 Å². The van der Waals surface area contributed by atoms with E-state index in [1.54, 1.807) is 43.3 Å². The Bertz CT molecular complexity index is 802. The molecule has 6 heteroatoms. The molecule has 3 rings (SSSR count). The molecule has 2 atom stereocenters. The summed E-state index contributed by atoms with van der Waals surface area (Å²) in [5.74, 6) is -0.464. The van der Waals surface area contributed by atoms with Crippen LogP contribution in [0.3, 0.4) is 0 Å².